The number of fused-ring (bicyclic) bond motifs is 1. The number of carbonyl (C=O) groups is 2. The highest BCUT2D eigenvalue weighted by Gasteiger charge is 2.14. The summed E-state index contributed by atoms with van der Waals surface area (Å²) in [6.45, 7) is -0.0284. The zero-order chi connectivity index (χ0) is 19.9. The molecule has 1 aliphatic rings. The number of non-ortho nitro benzene ring substituents is 1. The fraction of sp³-hybridized carbons (Fsp3) is 0.222. The average Bonchev–Trinajstić information content (AvgIpc) is 2.71. The molecule has 1 aliphatic heterocycles. The van der Waals surface area contributed by atoms with E-state index in [9.17, 15) is 19.7 Å². The summed E-state index contributed by atoms with van der Waals surface area (Å²) in [6, 6.07) is 10.2. The molecule has 2 aromatic carbocycles. The third-order valence-corrected chi connectivity index (χ3v) is 3.59. The highest BCUT2D eigenvalue weighted by atomic mass is 16.6. The molecule has 0 saturated heterocycles. The maximum absolute atomic E-state index is 11.9. The highest BCUT2D eigenvalue weighted by molar-refractivity contribution is 5.93. The second-order valence-corrected chi connectivity index (χ2v) is 5.61. The van der Waals surface area contributed by atoms with Gasteiger partial charge in [0, 0.05) is 23.9 Å². The summed E-state index contributed by atoms with van der Waals surface area (Å²) in [7, 11) is 0. The van der Waals surface area contributed by atoms with Gasteiger partial charge >= 0.3 is 5.97 Å². The van der Waals surface area contributed by atoms with E-state index < -0.39 is 30.0 Å². The molecule has 0 unspecified atom stereocenters. The van der Waals surface area contributed by atoms with Gasteiger partial charge in [-0.1, -0.05) is 0 Å². The molecule has 28 heavy (non-hydrogen) atoms. The van der Waals surface area contributed by atoms with Crippen molar-refractivity contribution in [3.05, 3.63) is 52.6 Å². The first-order valence-electron chi connectivity index (χ1n) is 8.23. The van der Waals surface area contributed by atoms with E-state index in [1.165, 1.54) is 24.3 Å². The van der Waals surface area contributed by atoms with Gasteiger partial charge < -0.3 is 24.3 Å². The van der Waals surface area contributed by atoms with Crippen molar-refractivity contribution in [3.8, 4) is 17.2 Å². The number of benzene rings is 2. The zero-order valence-corrected chi connectivity index (χ0v) is 14.6. The molecule has 146 valence electrons. The van der Waals surface area contributed by atoms with Crippen LogP contribution in [0.25, 0.3) is 0 Å². The van der Waals surface area contributed by atoms with Crippen LogP contribution in [0.5, 0.6) is 17.2 Å². The number of esters is 1. The number of nitrogens with one attached hydrogen (secondary N) is 1. The van der Waals surface area contributed by atoms with Crippen LogP contribution in [0, 0.1) is 10.1 Å². The quantitative estimate of drug-likeness (QED) is 0.433. The van der Waals surface area contributed by atoms with Crippen LogP contribution in [0.3, 0.4) is 0 Å². The lowest BCUT2D eigenvalue weighted by Crippen LogP contribution is -2.23. The van der Waals surface area contributed by atoms with Gasteiger partial charge in [-0.2, -0.15) is 0 Å². The molecule has 3 rings (SSSR count). The fourth-order valence-electron chi connectivity index (χ4n) is 2.31. The Bertz CT molecular complexity index is 882. The molecule has 2 aromatic rings. The predicted octanol–water partition coefficient (Wildman–Crippen LogP) is 1.93. The molecule has 0 atom stereocenters. The number of nitro groups is 1. The van der Waals surface area contributed by atoms with Crippen molar-refractivity contribution in [1.29, 1.82) is 0 Å². The Labute approximate surface area is 159 Å². The lowest BCUT2D eigenvalue weighted by molar-refractivity contribution is -0.384. The maximum atomic E-state index is 11.9. The summed E-state index contributed by atoms with van der Waals surface area (Å²) in [5.41, 5.74) is 0.387. The van der Waals surface area contributed by atoms with E-state index in [4.69, 9.17) is 18.9 Å². The van der Waals surface area contributed by atoms with E-state index in [1.54, 1.807) is 18.2 Å². The number of hydrogen-bond donors (Lipinski definition) is 1. The SMILES string of the molecule is O=C(COC(=O)COc1ccc([N+](=O)[O-])cc1)Nc1ccc2c(c1)OCCO2. The number of anilines is 1. The van der Waals surface area contributed by atoms with Gasteiger partial charge in [-0.3, -0.25) is 14.9 Å². The molecule has 0 saturated carbocycles. The van der Waals surface area contributed by atoms with Crippen LogP contribution in [0.1, 0.15) is 0 Å². The minimum atomic E-state index is -0.754. The first kappa shape index (κ1) is 19.0. The number of amides is 1. The number of ether oxygens (including phenoxy) is 4. The monoisotopic (exact) mass is 388 g/mol. The normalized spacial score (nSPS) is 12.0. The number of rotatable bonds is 7. The Balaban J connectivity index is 1.41. The standard InChI is InChI=1S/C18H16N2O8/c21-17(19-12-1-6-15-16(9-12)26-8-7-25-15)10-28-18(22)11-27-14-4-2-13(3-5-14)20(23)24/h1-6,9H,7-8,10-11H2,(H,19,21). The smallest absolute Gasteiger partial charge is 0.344 e. The Morgan fingerprint density at radius 1 is 1.04 bits per heavy atom. The van der Waals surface area contributed by atoms with Gasteiger partial charge in [0.15, 0.2) is 24.7 Å². The first-order valence-corrected chi connectivity index (χ1v) is 8.23. The zero-order valence-electron chi connectivity index (χ0n) is 14.6. The number of hydrogen-bond acceptors (Lipinski definition) is 8. The minimum absolute atomic E-state index is 0.0919. The Kier molecular flexibility index (Phi) is 5.90. The van der Waals surface area contributed by atoms with E-state index in [0.29, 0.717) is 30.4 Å². The van der Waals surface area contributed by atoms with Gasteiger partial charge in [0.25, 0.3) is 11.6 Å². The summed E-state index contributed by atoms with van der Waals surface area (Å²) >= 11 is 0. The number of nitro benzene ring substituents is 1. The summed E-state index contributed by atoms with van der Waals surface area (Å²) in [5.74, 6) is 0.107. The molecule has 10 heteroatoms. The fourth-order valence-corrected chi connectivity index (χ4v) is 2.31. The molecule has 10 nitrogen and oxygen atoms in total. The van der Waals surface area contributed by atoms with Crippen molar-refractivity contribution in [2.75, 3.05) is 31.7 Å². The molecule has 0 spiro atoms. The van der Waals surface area contributed by atoms with Crippen LogP contribution in [0.2, 0.25) is 0 Å². The van der Waals surface area contributed by atoms with Gasteiger partial charge in [-0.15, -0.1) is 0 Å². The molecule has 1 heterocycles. The van der Waals surface area contributed by atoms with E-state index in [2.05, 4.69) is 5.32 Å². The van der Waals surface area contributed by atoms with E-state index in [-0.39, 0.29) is 11.4 Å². The third-order valence-electron chi connectivity index (χ3n) is 3.59. The molecule has 1 amide bonds. The lowest BCUT2D eigenvalue weighted by Gasteiger charge is -2.19. The van der Waals surface area contributed by atoms with Crippen LogP contribution in [-0.2, 0) is 14.3 Å². The molecular weight excluding hydrogens is 372 g/mol. The Hall–Kier alpha value is -3.82. The van der Waals surface area contributed by atoms with Crippen molar-refractivity contribution in [1.82, 2.24) is 0 Å². The molecule has 1 N–H and O–H groups in total. The van der Waals surface area contributed by atoms with E-state index >= 15 is 0 Å². The summed E-state index contributed by atoms with van der Waals surface area (Å²) in [6.07, 6.45) is 0. The van der Waals surface area contributed by atoms with Crippen molar-refractivity contribution in [2.24, 2.45) is 0 Å². The van der Waals surface area contributed by atoms with Crippen LogP contribution in [0.4, 0.5) is 11.4 Å². The summed E-state index contributed by atoms with van der Waals surface area (Å²) < 4.78 is 20.8. The van der Waals surface area contributed by atoms with E-state index in [0.717, 1.165) is 0 Å². The van der Waals surface area contributed by atoms with Gasteiger partial charge in [0.05, 0.1) is 4.92 Å². The molecule has 0 radical (unpaired) electrons. The second-order valence-electron chi connectivity index (χ2n) is 5.61. The lowest BCUT2D eigenvalue weighted by atomic mass is 10.2. The molecule has 0 bridgehead atoms. The van der Waals surface area contributed by atoms with E-state index in [1.807, 2.05) is 0 Å². The van der Waals surface area contributed by atoms with Crippen LogP contribution >= 0.6 is 0 Å². The van der Waals surface area contributed by atoms with Crippen LogP contribution in [0.15, 0.2) is 42.5 Å². The van der Waals surface area contributed by atoms with Gasteiger partial charge in [0.1, 0.15) is 19.0 Å². The van der Waals surface area contributed by atoms with Crippen molar-refractivity contribution in [3.63, 3.8) is 0 Å². The largest absolute Gasteiger partial charge is 0.486 e. The third kappa shape index (κ3) is 5.10. The molecule has 0 fully saturated rings. The second kappa shape index (κ2) is 8.71. The number of carbonyl (C=O) groups excluding carboxylic acids is 2. The Morgan fingerprint density at radius 2 is 1.75 bits per heavy atom. The van der Waals surface area contributed by atoms with Crippen LogP contribution < -0.4 is 19.5 Å². The first-order chi connectivity index (χ1) is 13.5. The van der Waals surface area contributed by atoms with Gasteiger partial charge in [0.2, 0.25) is 0 Å². The highest BCUT2D eigenvalue weighted by Crippen LogP contribution is 2.32. The van der Waals surface area contributed by atoms with Crippen molar-refractivity contribution < 1.29 is 33.5 Å². The predicted molar refractivity (Wildman–Crippen MR) is 95.6 cm³/mol. The summed E-state index contributed by atoms with van der Waals surface area (Å²) in [5, 5.41) is 13.2. The molecule has 0 aliphatic carbocycles. The summed E-state index contributed by atoms with van der Waals surface area (Å²) in [4.78, 5) is 33.6. The van der Waals surface area contributed by atoms with Crippen LogP contribution in [-0.4, -0.2) is 43.2 Å². The topological polar surface area (TPSA) is 126 Å². The molecule has 0 aromatic heterocycles. The minimum Gasteiger partial charge on any atom is -0.486 e. The average molecular weight is 388 g/mol. The van der Waals surface area contributed by atoms with Gasteiger partial charge in [-0.05, 0) is 24.3 Å². The van der Waals surface area contributed by atoms with Crippen molar-refractivity contribution in [2.45, 2.75) is 0 Å². The van der Waals surface area contributed by atoms with Gasteiger partial charge in [-0.25, -0.2) is 4.79 Å². The maximum Gasteiger partial charge on any atom is 0.344 e. The molecular formula is C18H16N2O8. The number of nitrogens with zero attached hydrogens (tertiary/aromatic N) is 1. The van der Waals surface area contributed by atoms with Crippen molar-refractivity contribution >= 4 is 23.3 Å². The Morgan fingerprint density at radius 3 is 2.46 bits per heavy atom.